The number of carbonyl (C=O) groups is 1. The van der Waals surface area contributed by atoms with Gasteiger partial charge in [0.05, 0.1) is 13.2 Å². The summed E-state index contributed by atoms with van der Waals surface area (Å²) in [6.07, 6.45) is 5.21. The van der Waals surface area contributed by atoms with Crippen LogP contribution in [0.2, 0.25) is 0 Å². The number of fused-ring (bicyclic) bond motifs is 1. The van der Waals surface area contributed by atoms with E-state index in [2.05, 4.69) is 6.92 Å². The average molecular weight is 284 g/mol. The van der Waals surface area contributed by atoms with E-state index in [1.807, 2.05) is 0 Å². The van der Waals surface area contributed by atoms with Gasteiger partial charge in [-0.15, -0.1) is 0 Å². The fourth-order valence-corrected chi connectivity index (χ4v) is 3.07. The van der Waals surface area contributed by atoms with Gasteiger partial charge in [0.15, 0.2) is 5.78 Å². The Morgan fingerprint density at radius 3 is 2.65 bits per heavy atom. The molecule has 0 aromatic carbocycles. The number of ether oxygens (including phenoxy) is 4. The first-order valence-electron chi connectivity index (χ1n) is 7.26. The van der Waals surface area contributed by atoms with Gasteiger partial charge in [-0.2, -0.15) is 0 Å². The van der Waals surface area contributed by atoms with Gasteiger partial charge in [-0.05, 0) is 24.5 Å². The number of methoxy groups -OCH3 is 2. The highest BCUT2D eigenvalue weighted by Gasteiger charge is 2.60. The molecule has 114 valence electrons. The van der Waals surface area contributed by atoms with Crippen LogP contribution in [0.3, 0.4) is 0 Å². The van der Waals surface area contributed by atoms with E-state index in [4.69, 9.17) is 18.9 Å². The van der Waals surface area contributed by atoms with E-state index in [-0.39, 0.29) is 5.78 Å². The number of hydrogen-bond acceptors (Lipinski definition) is 5. The van der Waals surface area contributed by atoms with Crippen LogP contribution in [0, 0.1) is 0 Å². The number of unbranched alkanes of at least 4 members (excludes halogenated alkanes) is 1. The van der Waals surface area contributed by atoms with Gasteiger partial charge in [-0.25, -0.2) is 0 Å². The summed E-state index contributed by atoms with van der Waals surface area (Å²) < 4.78 is 23.2. The average Bonchev–Trinajstić information content (AvgIpc) is 2.61. The Hall–Kier alpha value is -0.750. The van der Waals surface area contributed by atoms with Crippen LogP contribution in [-0.4, -0.2) is 44.8 Å². The van der Waals surface area contributed by atoms with Crippen molar-refractivity contribution in [3.63, 3.8) is 0 Å². The maximum absolute atomic E-state index is 12.0. The van der Waals surface area contributed by atoms with Crippen LogP contribution in [0.1, 0.15) is 39.0 Å². The Balaban J connectivity index is 2.46. The predicted octanol–water partition coefficient (Wildman–Crippen LogP) is 2.20. The van der Waals surface area contributed by atoms with E-state index < -0.39 is 11.6 Å². The Morgan fingerprint density at radius 1 is 1.25 bits per heavy atom. The molecule has 0 amide bonds. The predicted molar refractivity (Wildman–Crippen MR) is 73.2 cm³/mol. The van der Waals surface area contributed by atoms with E-state index in [9.17, 15) is 4.79 Å². The van der Waals surface area contributed by atoms with Crippen molar-refractivity contribution in [2.45, 2.75) is 50.6 Å². The Kier molecular flexibility index (Phi) is 4.96. The van der Waals surface area contributed by atoms with Crippen molar-refractivity contribution in [2.75, 3.05) is 27.4 Å². The third-order valence-electron chi connectivity index (χ3n) is 4.10. The van der Waals surface area contributed by atoms with Crippen LogP contribution in [0.15, 0.2) is 11.6 Å². The summed E-state index contributed by atoms with van der Waals surface area (Å²) in [5.41, 5.74) is 0.825. The largest absolute Gasteiger partial charge is 0.348 e. The summed E-state index contributed by atoms with van der Waals surface area (Å²) >= 11 is 0. The zero-order valence-electron chi connectivity index (χ0n) is 12.6. The molecule has 5 heteroatoms. The zero-order valence-corrected chi connectivity index (χ0v) is 12.6. The van der Waals surface area contributed by atoms with Gasteiger partial charge in [0.25, 0.3) is 0 Å². The van der Waals surface area contributed by atoms with Crippen LogP contribution in [0.4, 0.5) is 0 Å². The van der Waals surface area contributed by atoms with Gasteiger partial charge >= 0.3 is 0 Å². The van der Waals surface area contributed by atoms with Gasteiger partial charge < -0.3 is 18.9 Å². The maximum Gasteiger partial charge on any atom is 0.247 e. The molecule has 0 unspecified atom stereocenters. The van der Waals surface area contributed by atoms with Crippen molar-refractivity contribution in [1.82, 2.24) is 0 Å². The molecule has 0 aromatic heterocycles. The van der Waals surface area contributed by atoms with Gasteiger partial charge in [0.1, 0.15) is 0 Å². The van der Waals surface area contributed by atoms with Crippen molar-refractivity contribution in [2.24, 2.45) is 0 Å². The molecular formula is C15H24O5. The van der Waals surface area contributed by atoms with Crippen LogP contribution in [0.5, 0.6) is 0 Å². The first-order valence-corrected chi connectivity index (χ1v) is 7.26. The molecule has 0 spiro atoms. The standard InChI is InChI=1S/C15H24O5/c1-4-5-6-12-11-13(16)7-8-14(17-2)15(12,18-3)20-10-9-19-14/h11H,4-10H2,1-3H3/t14-,15-/m0/s1. The maximum atomic E-state index is 12.0. The first kappa shape index (κ1) is 15.6. The smallest absolute Gasteiger partial charge is 0.247 e. The molecule has 2 aliphatic rings. The summed E-state index contributed by atoms with van der Waals surface area (Å²) in [6.45, 7) is 2.98. The fourth-order valence-electron chi connectivity index (χ4n) is 3.07. The first-order chi connectivity index (χ1) is 9.64. The molecule has 0 aromatic rings. The molecule has 1 aliphatic carbocycles. The third-order valence-corrected chi connectivity index (χ3v) is 4.10. The molecule has 0 bridgehead atoms. The van der Waals surface area contributed by atoms with Crippen molar-refractivity contribution in [1.29, 1.82) is 0 Å². The van der Waals surface area contributed by atoms with E-state index in [1.165, 1.54) is 0 Å². The number of ketones is 1. The second kappa shape index (κ2) is 6.35. The molecule has 0 N–H and O–H groups in total. The topological polar surface area (TPSA) is 54.0 Å². The molecule has 2 rings (SSSR count). The summed E-state index contributed by atoms with van der Waals surface area (Å²) in [5.74, 6) is -2.07. The number of allylic oxidation sites excluding steroid dienone is 1. The monoisotopic (exact) mass is 284 g/mol. The zero-order chi connectivity index (χ0) is 14.6. The highest BCUT2D eigenvalue weighted by Crippen LogP contribution is 2.46. The lowest BCUT2D eigenvalue weighted by atomic mass is 9.90. The minimum atomic E-state index is -1.11. The molecule has 2 atom stereocenters. The molecule has 5 nitrogen and oxygen atoms in total. The Labute approximate surface area is 120 Å². The van der Waals surface area contributed by atoms with Gasteiger partial charge in [0.2, 0.25) is 11.6 Å². The quantitative estimate of drug-likeness (QED) is 0.774. The van der Waals surface area contributed by atoms with E-state index in [1.54, 1.807) is 20.3 Å². The minimum Gasteiger partial charge on any atom is -0.348 e. The van der Waals surface area contributed by atoms with Crippen LogP contribution >= 0.6 is 0 Å². The summed E-state index contributed by atoms with van der Waals surface area (Å²) in [4.78, 5) is 12.0. The van der Waals surface area contributed by atoms with Crippen LogP contribution in [0.25, 0.3) is 0 Å². The number of hydrogen-bond donors (Lipinski definition) is 0. The second-order valence-corrected chi connectivity index (χ2v) is 5.21. The van der Waals surface area contributed by atoms with Crippen molar-refractivity contribution >= 4 is 5.78 Å². The van der Waals surface area contributed by atoms with Gasteiger partial charge in [-0.1, -0.05) is 13.3 Å². The molecule has 0 saturated carbocycles. The molecule has 1 aliphatic heterocycles. The molecule has 1 fully saturated rings. The fraction of sp³-hybridized carbons (Fsp3) is 0.800. The van der Waals surface area contributed by atoms with Crippen molar-refractivity contribution in [3.05, 3.63) is 11.6 Å². The van der Waals surface area contributed by atoms with E-state index >= 15 is 0 Å². The Morgan fingerprint density at radius 2 is 2.00 bits per heavy atom. The highest BCUT2D eigenvalue weighted by molar-refractivity contribution is 5.91. The lowest BCUT2D eigenvalue weighted by Crippen LogP contribution is -2.64. The van der Waals surface area contributed by atoms with Gasteiger partial charge in [0, 0.05) is 27.1 Å². The lowest BCUT2D eigenvalue weighted by molar-refractivity contribution is -0.415. The molecule has 0 radical (unpaired) electrons. The Bertz CT molecular complexity index is 392. The van der Waals surface area contributed by atoms with E-state index in [0.29, 0.717) is 26.1 Å². The van der Waals surface area contributed by atoms with Crippen molar-refractivity contribution in [3.8, 4) is 0 Å². The second-order valence-electron chi connectivity index (χ2n) is 5.21. The SMILES string of the molecule is CCCCC1=CC(=O)CC[C@]2(OC)OCCO[C@@]12OC. The molecule has 1 saturated heterocycles. The third kappa shape index (κ3) is 2.44. The number of carbonyl (C=O) groups excluding carboxylic acids is 1. The highest BCUT2D eigenvalue weighted by atomic mass is 16.8. The van der Waals surface area contributed by atoms with Crippen molar-refractivity contribution < 1.29 is 23.7 Å². The molecular weight excluding hydrogens is 260 g/mol. The summed E-state index contributed by atoms with van der Waals surface area (Å²) in [6, 6.07) is 0. The minimum absolute atomic E-state index is 0.0746. The lowest BCUT2D eigenvalue weighted by Gasteiger charge is -2.50. The van der Waals surface area contributed by atoms with Crippen LogP contribution in [-0.2, 0) is 23.7 Å². The molecule has 1 heterocycles. The normalized spacial score (nSPS) is 34.4. The summed E-state index contributed by atoms with van der Waals surface area (Å²) in [7, 11) is 3.16. The molecule has 20 heavy (non-hydrogen) atoms. The van der Waals surface area contributed by atoms with Crippen LogP contribution < -0.4 is 0 Å². The van der Waals surface area contributed by atoms with Gasteiger partial charge in [-0.3, -0.25) is 4.79 Å². The summed E-state index contributed by atoms with van der Waals surface area (Å²) in [5, 5.41) is 0. The number of rotatable bonds is 5. The van der Waals surface area contributed by atoms with E-state index in [0.717, 1.165) is 24.8 Å².